The van der Waals surface area contributed by atoms with Crippen LogP contribution in [-0.2, 0) is 19.4 Å². The molecule has 0 aliphatic heterocycles. The van der Waals surface area contributed by atoms with Gasteiger partial charge in [-0.2, -0.15) is 0 Å². The van der Waals surface area contributed by atoms with Crippen molar-refractivity contribution in [3.05, 3.63) is 11.5 Å². The number of hydrogen-bond acceptors (Lipinski definition) is 3. The lowest BCUT2D eigenvalue weighted by Crippen LogP contribution is -2.23. The van der Waals surface area contributed by atoms with E-state index in [2.05, 4.69) is 0 Å². The first-order valence-electron chi connectivity index (χ1n) is 5.06. The third-order valence-corrected chi connectivity index (χ3v) is 1.71. The summed E-state index contributed by atoms with van der Waals surface area (Å²) in [6.45, 7) is 9.21. The highest BCUT2D eigenvalue weighted by atomic mass is 16.6. The van der Waals surface area contributed by atoms with Gasteiger partial charge in [-0.25, -0.2) is 9.90 Å². The molecule has 0 spiro atoms. The van der Waals surface area contributed by atoms with Crippen LogP contribution >= 0.6 is 0 Å². The van der Waals surface area contributed by atoms with Crippen molar-refractivity contribution in [2.24, 2.45) is 5.41 Å². The van der Waals surface area contributed by atoms with Gasteiger partial charge in [-0.15, -0.1) is 0 Å². The maximum absolute atomic E-state index is 11.5. The molecule has 4 heteroatoms. The van der Waals surface area contributed by atoms with Gasteiger partial charge in [-0.05, 0) is 13.8 Å². The van der Waals surface area contributed by atoms with Crippen LogP contribution in [0.15, 0.2) is 11.5 Å². The molecule has 4 nitrogen and oxygen atoms in total. The zero-order valence-electron chi connectivity index (χ0n) is 10.0. The molecule has 0 atom stereocenters. The lowest BCUT2D eigenvalue weighted by atomic mass is 9.87. The van der Waals surface area contributed by atoms with Gasteiger partial charge >= 0.3 is 11.9 Å². The van der Waals surface area contributed by atoms with E-state index in [4.69, 9.17) is 9.47 Å². The van der Waals surface area contributed by atoms with E-state index in [1.54, 1.807) is 34.6 Å². The first-order valence-corrected chi connectivity index (χ1v) is 5.06. The SMILES string of the molecule is CCOC(=O)C(=C([O])OCC)C(C)(C)C. The van der Waals surface area contributed by atoms with Crippen LogP contribution in [0, 0.1) is 5.41 Å². The Balaban J connectivity index is 5.06. The highest BCUT2D eigenvalue weighted by Gasteiger charge is 2.31. The predicted octanol–water partition coefficient (Wildman–Crippen LogP) is 2.27. The molecule has 15 heavy (non-hydrogen) atoms. The van der Waals surface area contributed by atoms with Gasteiger partial charge in [-0.1, -0.05) is 20.8 Å². The molecular weight excluding hydrogens is 196 g/mol. The number of rotatable bonds is 4. The van der Waals surface area contributed by atoms with Crippen molar-refractivity contribution in [2.75, 3.05) is 13.2 Å². The second-order valence-electron chi connectivity index (χ2n) is 4.07. The van der Waals surface area contributed by atoms with E-state index in [0.717, 1.165) is 0 Å². The first-order chi connectivity index (χ1) is 6.84. The monoisotopic (exact) mass is 215 g/mol. The largest absolute Gasteiger partial charge is 0.462 e. The summed E-state index contributed by atoms with van der Waals surface area (Å²) in [5, 5.41) is 11.5. The summed E-state index contributed by atoms with van der Waals surface area (Å²) in [5.74, 6) is -1.19. The van der Waals surface area contributed by atoms with Crippen molar-refractivity contribution in [2.45, 2.75) is 34.6 Å². The fourth-order valence-corrected chi connectivity index (χ4v) is 1.10. The Morgan fingerprint density at radius 3 is 1.87 bits per heavy atom. The third-order valence-electron chi connectivity index (χ3n) is 1.71. The molecule has 0 aromatic heterocycles. The first kappa shape index (κ1) is 13.8. The van der Waals surface area contributed by atoms with Gasteiger partial charge in [0.05, 0.1) is 13.2 Å². The van der Waals surface area contributed by atoms with Crippen LogP contribution in [0.25, 0.3) is 0 Å². The fraction of sp³-hybridized carbons (Fsp3) is 0.727. The average Bonchev–Trinajstić information content (AvgIpc) is 2.01. The average molecular weight is 215 g/mol. The summed E-state index contributed by atoms with van der Waals surface area (Å²) < 4.78 is 9.64. The Kier molecular flexibility index (Phi) is 5.19. The maximum Gasteiger partial charge on any atom is 0.341 e. The highest BCUT2D eigenvalue weighted by Crippen LogP contribution is 2.29. The van der Waals surface area contributed by atoms with Crippen LogP contribution in [0.1, 0.15) is 34.6 Å². The summed E-state index contributed by atoms with van der Waals surface area (Å²) in [6.07, 6.45) is 0. The molecule has 0 aliphatic carbocycles. The lowest BCUT2D eigenvalue weighted by Gasteiger charge is -2.20. The Morgan fingerprint density at radius 1 is 1.07 bits per heavy atom. The standard InChI is InChI=1S/C11H19O4/c1-6-14-9(12)8(11(3,4)5)10(13)15-7-2/h6-7H2,1-5H3. The van der Waals surface area contributed by atoms with Crippen molar-refractivity contribution < 1.29 is 19.4 Å². The fourth-order valence-electron chi connectivity index (χ4n) is 1.10. The molecule has 87 valence electrons. The second kappa shape index (κ2) is 5.63. The molecule has 0 saturated carbocycles. The molecule has 0 unspecified atom stereocenters. The minimum atomic E-state index is -0.594. The Bertz CT molecular complexity index is 248. The predicted molar refractivity (Wildman–Crippen MR) is 55.4 cm³/mol. The van der Waals surface area contributed by atoms with Crippen LogP contribution < -0.4 is 0 Å². The van der Waals surface area contributed by atoms with E-state index in [-0.39, 0.29) is 18.8 Å². The van der Waals surface area contributed by atoms with Crippen LogP contribution in [-0.4, -0.2) is 19.2 Å². The minimum absolute atomic E-state index is 0.0613. The van der Waals surface area contributed by atoms with Gasteiger partial charge in [0.15, 0.2) is 0 Å². The van der Waals surface area contributed by atoms with Gasteiger partial charge in [-0.3, -0.25) is 0 Å². The molecule has 0 amide bonds. The second-order valence-corrected chi connectivity index (χ2v) is 4.07. The van der Waals surface area contributed by atoms with Gasteiger partial charge in [0.25, 0.3) is 0 Å². The Morgan fingerprint density at radius 2 is 1.53 bits per heavy atom. The van der Waals surface area contributed by atoms with E-state index in [9.17, 15) is 9.90 Å². The third kappa shape index (κ3) is 4.23. The van der Waals surface area contributed by atoms with Crippen molar-refractivity contribution in [1.29, 1.82) is 0 Å². The number of hydrogen-bond donors (Lipinski definition) is 0. The van der Waals surface area contributed by atoms with Gasteiger partial charge in [0.1, 0.15) is 5.57 Å². The number of carbonyl (C=O) groups excluding carboxylic acids is 1. The molecule has 0 saturated heterocycles. The summed E-state index contributed by atoms with van der Waals surface area (Å²) in [5.41, 5.74) is -0.510. The van der Waals surface area contributed by atoms with E-state index < -0.39 is 17.3 Å². The zero-order valence-corrected chi connectivity index (χ0v) is 10.0. The maximum atomic E-state index is 11.5. The molecule has 1 radical (unpaired) electrons. The summed E-state index contributed by atoms with van der Waals surface area (Å²) >= 11 is 0. The minimum Gasteiger partial charge on any atom is -0.462 e. The van der Waals surface area contributed by atoms with Crippen molar-refractivity contribution in [1.82, 2.24) is 0 Å². The molecule has 0 heterocycles. The van der Waals surface area contributed by atoms with E-state index >= 15 is 0 Å². The van der Waals surface area contributed by atoms with Crippen LogP contribution in [0.3, 0.4) is 0 Å². The Hall–Kier alpha value is -1.19. The van der Waals surface area contributed by atoms with Gasteiger partial charge in [0, 0.05) is 5.41 Å². The summed E-state index contributed by atoms with van der Waals surface area (Å²) in [4.78, 5) is 11.5. The molecule has 0 aromatic rings. The molecule has 0 N–H and O–H groups in total. The van der Waals surface area contributed by atoms with Crippen molar-refractivity contribution in [3.63, 3.8) is 0 Å². The molecule has 0 rings (SSSR count). The zero-order chi connectivity index (χ0) is 12.1. The van der Waals surface area contributed by atoms with Crippen molar-refractivity contribution >= 4 is 5.97 Å². The van der Waals surface area contributed by atoms with E-state index in [0.29, 0.717) is 0 Å². The molecular formula is C11H19O4. The smallest absolute Gasteiger partial charge is 0.341 e. The van der Waals surface area contributed by atoms with E-state index in [1.165, 1.54) is 0 Å². The van der Waals surface area contributed by atoms with Crippen LogP contribution in [0.4, 0.5) is 0 Å². The number of ether oxygens (including phenoxy) is 2. The number of carbonyl (C=O) groups is 1. The molecule has 0 fully saturated rings. The van der Waals surface area contributed by atoms with Crippen LogP contribution in [0.5, 0.6) is 0 Å². The Labute approximate surface area is 90.9 Å². The quantitative estimate of drug-likeness (QED) is 0.410. The topological polar surface area (TPSA) is 55.4 Å². The normalized spacial score (nSPS) is 13.1. The molecule has 0 aromatic carbocycles. The highest BCUT2D eigenvalue weighted by molar-refractivity contribution is 5.89. The van der Waals surface area contributed by atoms with Crippen molar-refractivity contribution in [3.8, 4) is 0 Å². The summed E-state index contributed by atoms with van der Waals surface area (Å²) in [7, 11) is 0. The summed E-state index contributed by atoms with van der Waals surface area (Å²) in [6, 6.07) is 0. The van der Waals surface area contributed by atoms with E-state index in [1.807, 2.05) is 0 Å². The molecule has 0 bridgehead atoms. The van der Waals surface area contributed by atoms with Gasteiger partial charge < -0.3 is 9.47 Å². The lowest BCUT2D eigenvalue weighted by molar-refractivity contribution is -0.140. The van der Waals surface area contributed by atoms with Gasteiger partial charge in [0.2, 0.25) is 0 Å². The number of esters is 1. The molecule has 0 aliphatic rings. The van der Waals surface area contributed by atoms with Crippen LogP contribution in [0.2, 0.25) is 0 Å².